The molecule has 2 heterocycles. The van der Waals surface area contributed by atoms with E-state index in [-0.39, 0.29) is 18.9 Å². The molecule has 0 radical (unpaired) electrons. The van der Waals surface area contributed by atoms with Crippen molar-refractivity contribution in [2.75, 3.05) is 6.54 Å². The standard InChI is InChI=1S/C14H11BrF3N5/c15-11-3-1-2-9(10(11)6-19)7-22-4-5-23-12(8-22)20-21-13(23)14(16,17)18/h1-3H,4-5,7-8H2. The van der Waals surface area contributed by atoms with Gasteiger partial charge in [0.05, 0.1) is 12.1 Å². The van der Waals surface area contributed by atoms with Gasteiger partial charge in [0.2, 0.25) is 5.82 Å². The van der Waals surface area contributed by atoms with Crippen LogP contribution in [0.4, 0.5) is 13.2 Å². The van der Waals surface area contributed by atoms with Crippen LogP contribution < -0.4 is 0 Å². The molecule has 0 saturated heterocycles. The zero-order valence-electron chi connectivity index (χ0n) is 11.8. The molecule has 120 valence electrons. The molecule has 3 rings (SSSR count). The Balaban J connectivity index is 1.81. The van der Waals surface area contributed by atoms with E-state index in [9.17, 15) is 18.4 Å². The summed E-state index contributed by atoms with van der Waals surface area (Å²) in [6.45, 7) is 1.34. The number of hydrogen-bond donors (Lipinski definition) is 0. The maximum atomic E-state index is 12.8. The third kappa shape index (κ3) is 3.09. The average Bonchev–Trinajstić information content (AvgIpc) is 2.90. The summed E-state index contributed by atoms with van der Waals surface area (Å²) in [5, 5.41) is 16.1. The lowest BCUT2D eigenvalue weighted by molar-refractivity contribution is -0.148. The molecule has 0 atom stereocenters. The monoisotopic (exact) mass is 385 g/mol. The number of alkyl halides is 3. The van der Waals surface area contributed by atoms with Gasteiger partial charge in [-0.2, -0.15) is 18.4 Å². The molecule has 1 aliphatic rings. The molecule has 0 amide bonds. The Morgan fingerprint density at radius 1 is 1.26 bits per heavy atom. The number of benzene rings is 1. The first-order valence-corrected chi connectivity index (χ1v) is 7.58. The molecule has 23 heavy (non-hydrogen) atoms. The molecular formula is C14H11BrF3N5. The Hall–Kier alpha value is -1.92. The van der Waals surface area contributed by atoms with Crippen molar-refractivity contribution in [2.24, 2.45) is 0 Å². The predicted octanol–water partition coefficient (Wildman–Crippen LogP) is 2.95. The summed E-state index contributed by atoms with van der Waals surface area (Å²) >= 11 is 3.33. The Morgan fingerprint density at radius 2 is 2.04 bits per heavy atom. The molecule has 2 aromatic rings. The second-order valence-electron chi connectivity index (χ2n) is 5.19. The number of rotatable bonds is 2. The van der Waals surface area contributed by atoms with E-state index in [1.54, 1.807) is 6.07 Å². The maximum Gasteiger partial charge on any atom is 0.451 e. The minimum atomic E-state index is -4.49. The second-order valence-corrected chi connectivity index (χ2v) is 6.04. The smallest absolute Gasteiger partial charge is 0.305 e. The van der Waals surface area contributed by atoms with E-state index in [1.807, 2.05) is 17.0 Å². The highest BCUT2D eigenvalue weighted by Crippen LogP contribution is 2.30. The number of fused-ring (bicyclic) bond motifs is 1. The van der Waals surface area contributed by atoms with Gasteiger partial charge in [-0.1, -0.05) is 12.1 Å². The molecule has 0 N–H and O–H groups in total. The van der Waals surface area contributed by atoms with Gasteiger partial charge in [-0.05, 0) is 27.6 Å². The fourth-order valence-electron chi connectivity index (χ4n) is 2.62. The quantitative estimate of drug-likeness (QED) is 0.797. The van der Waals surface area contributed by atoms with Crippen molar-refractivity contribution in [3.63, 3.8) is 0 Å². The number of aromatic nitrogens is 3. The van der Waals surface area contributed by atoms with Crippen molar-refractivity contribution >= 4 is 15.9 Å². The van der Waals surface area contributed by atoms with Crippen molar-refractivity contribution < 1.29 is 13.2 Å². The first-order chi connectivity index (χ1) is 10.9. The number of nitriles is 1. The molecule has 0 spiro atoms. The average molecular weight is 386 g/mol. The summed E-state index contributed by atoms with van der Waals surface area (Å²) in [4.78, 5) is 1.95. The van der Waals surface area contributed by atoms with Crippen LogP contribution in [-0.4, -0.2) is 26.2 Å². The highest BCUT2D eigenvalue weighted by atomic mass is 79.9. The maximum absolute atomic E-state index is 12.8. The van der Waals surface area contributed by atoms with Crippen molar-refractivity contribution in [2.45, 2.75) is 25.8 Å². The molecular weight excluding hydrogens is 375 g/mol. The van der Waals surface area contributed by atoms with Crippen LogP contribution in [0.1, 0.15) is 22.8 Å². The number of halogens is 4. The van der Waals surface area contributed by atoms with E-state index in [0.29, 0.717) is 23.1 Å². The molecule has 0 bridgehead atoms. The third-order valence-corrected chi connectivity index (χ3v) is 4.35. The fraction of sp³-hybridized carbons (Fsp3) is 0.357. The minimum absolute atomic E-state index is 0.174. The van der Waals surface area contributed by atoms with Gasteiger partial charge in [0.1, 0.15) is 11.9 Å². The molecule has 0 aliphatic carbocycles. The Kier molecular flexibility index (Phi) is 4.12. The largest absolute Gasteiger partial charge is 0.451 e. The van der Waals surface area contributed by atoms with Crippen molar-refractivity contribution in [3.05, 3.63) is 45.4 Å². The summed E-state index contributed by atoms with van der Waals surface area (Å²) in [5.41, 5.74) is 1.36. The lowest BCUT2D eigenvalue weighted by atomic mass is 10.1. The van der Waals surface area contributed by atoms with E-state index < -0.39 is 12.0 Å². The zero-order chi connectivity index (χ0) is 16.6. The molecule has 9 heteroatoms. The normalized spacial score (nSPS) is 15.3. The van der Waals surface area contributed by atoms with Gasteiger partial charge in [-0.25, -0.2) is 0 Å². The second kappa shape index (κ2) is 5.94. The minimum Gasteiger partial charge on any atom is -0.305 e. The van der Waals surface area contributed by atoms with E-state index >= 15 is 0 Å². The highest BCUT2D eigenvalue weighted by Gasteiger charge is 2.39. The summed E-state index contributed by atoms with van der Waals surface area (Å²) in [6, 6.07) is 7.59. The van der Waals surface area contributed by atoms with Crippen molar-refractivity contribution in [3.8, 4) is 6.07 Å². The van der Waals surface area contributed by atoms with Gasteiger partial charge in [0, 0.05) is 24.1 Å². The lowest BCUT2D eigenvalue weighted by Gasteiger charge is -2.28. The summed E-state index contributed by atoms with van der Waals surface area (Å²) < 4.78 is 40.3. The highest BCUT2D eigenvalue weighted by molar-refractivity contribution is 9.10. The molecule has 0 saturated carbocycles. The van der Waals surface area contributed by atoms with Crippen molar-refractivity contribution in [1.29, 1.82) is 5.26 Å². The van der Waals surface area contributed by atoms with Crippen molar-refractivity contribution in [1.82, 2.24) is 19.7 Å². The lowest BCUT2D eigenvalue weighted by Crippen LogP contribution is -2.35. The van der Waals surface area contributed by atoms with Crippen LogP contribution in [0.5, 0.6) is 0 Å². The number of nitrogens with zero attached hydrogens (tertiary/aromatic N) is 5. The molecule has 1 aliphatic heterocycles. The van der Waals surface area contributed by atoms with Crippen LogP contribution in [0.25, 0.3) is 0 Å². The summed E-state index contributed by atoms with van der Waals surface area (Å²) in [5.74, 6) is -0.663. The van der Waals surface area contributed by atoms with Gasteiger partial charge < -0.3 is 4.57 Å². The SMILES string of the molecule is N#Cc1c(Br)cccc1CN1CCn2c(nnc2C(F)(F)F)C1. The van der Waals surface area contributed by atoms with E-state index in [4.69, 9.17) is 0 Å². The summed E-state index contributed by atoms with van der Waals surface area (Å²) in [6.07, 6.45) is -4.49. The Morgan fingerprint density at radius 3 is 2.74 bits per heavy atom. The van der Waals surface area contributed by atoms with E-state index in [1.165, 1.54) is 0 Å². The van der Waals surface area contributed by atoms with Crippen LogP contribution in [0.15, 0.2) is 22.7 Å². The van der Waals surface area contributed by atoms with Gasteiger partial charge in [0.25, 0.3) is 0 Å². The van der Waals surface area contributed by atoms with Gasteiger partial charge >= 0.3 is 6.18 Å². The summed E-state index contributed by atoms with van der Waals surface area (Å²) in [7, 11) is 0. The third-order valence-electron chi connectivity index (χ3n) is 3.69. The van der Waals surface area contributed by atoms with Gasteiger partial charge in [-0.15, -0.1) is 10.2 Å². The van der Waals surface area contributed by atoms with Crippen LogP contribution in [-0.2, 0) is 25.8 Å². The first kappa shape index (κ1) is 16.0. The molecule has 1 aromatic heterocycles. The molecule has 1 aromatic carbocycles. The van der Waals surface area contributed by atoms with Gasteiger partial charge in [0.15, 0.2) is 0 Å². The first-order valence-electron chi connectivity index (χ1n) is 6.79. The fourth-order valence-corrected chi connectivity index (χ4v) is 3.11. The van der Waals surface area contributed by atoms with Crippen LogP contribution in [0.2, 0.25) is 0 Å². The predicted molar refractivity (Wildman–Crippen MR) is 78.0 cm³/mol. The zero-order valence-corrected chi connectivity index (χ0v) is 13.4. The van der Waals surface area contributed by atoms with Crippen LogP contribution in [0.3, 0.4) is 0 Å². The molecule has 5 nitrogen and oxygen atoms in total. The Labute approximate surface area is 138 Å². The van der Waals surface area contributed by atoms with Gasteiger partial charge in [-0.3, -0.25) is 4.90 Å². The molecule has 0 fully saturated rings. The van der Waals surface area contributed by atoms with Crippen LogP contribution in [0, 0.1) is 11.3 Å². The van der Waals surface area contributed by atoms with E-state index in [2.05, 4.69) is 32.2 Å². The molecule has 0 unspecified atom stereocenters. The Bertz CT molecular complexity index is 778. The van der Waals surface area contributed by atoms with Crippen LogP contribution >= 0.6 is 15.9 Å². The van der Waals surface area contributed by atoms with E-state index in [0.717, 1.165) is 10.1 Å². The topological polar surface area (TPSA) is 57.7 Å². The number of hydrogen-bond acceptors (Lipinski definition) is 4.